The second-order valence-electron chi connectivity index (χ2n) is 6.58. The molecule has 0 bridgehead atoms. The average molecular weight is 368 g/mol. The number of ether oxygens (including phenoxy) is 5. The van der Waals surface area contributed by atoms with E-state index in [1.165, 1.54) is 0 Å². The van der Waals surface area contributed by atoms with Crippen LogP contribution in [0.1, 0.15) is 27.2 Å². The summed E-state index contributed by atoms with van der Waals surface area (Å²) in [5.41, 5.74) is -1.77. The van der Waals surface area contributed by atoms with Crippen molar-refractivity contribution in [2.24, 2.45) is 17.3 Å². The van der Waals surface area contributed by atoms with Crippen LogP contribution in [0.2, 0.25) is 0 Å². The van der Waals surface area contributed by atoms with E-state index in [2.05, 4.69) is 0 Å². The van der Waals surface area contributed by atoms with Gasteiger partial charge in [-0.05, 0) is 27.2 Å². The Morgan fingerprint density at radius 3 is 2.50 bits per heavy atom. The Bertz CT molecular complexity index is 594. The number of carbonyl (C=O) groups is 3. The Morgan fingerprint density at radius 2 is 1.88 bits per heavy atom. The first-order chi connectivity index (χ1) is 12.5. The van der Waals surface area contributed by atoms with Crippen molar-refractivity contribution in [1.82, 2.24) is 0 Å². The molecule has 0 aromatic carbocycles. The summed E-state index contributed by atoms with van der Waals surface area (Å²) in [6, 6.07) is 0. The summed E-state index contributed by atoms with van der Waals surface area (Å²) in [5, 5.41) is 0. The maximum Gasteiger partial charge on any atom is 0.324 e. The van der Waals surface area contributed by atoms with E-state index in [4.69, 9.17) is 23.7 Å². The van der Waals surface area contributed by atoms with Crippen molar-refractivity contribution in [3.05, 3.63) is 12.2 Å². The highest BCUT2D eigenvalue weighted by Gasteiger charge is 2.65. The van der Waals surface area contributed by atoms with Crippen molar-refractivity contribution in [3.8, 4) is 0 Å². The number of hydrogen-bond acceptors (Lipinski definition) is 8. The molecule has 0 aromatic rings. The molecule has 2 aliphatic heterocycles. The van der Waals surface area contributed by atoms with Crippen molar-refractivity contribution in [1.29, 1.82) is 0 Å². The third-order valence-corrected chi connectivity index (χ3v) is 5.10. The van der Waals surface area contributed by atoms with E-state index in [0.29, 0.717) is 0 Å². The number of esters is 3. The van der Waals surface area contributed by atoms with Crippen molar-refractivity contribution >= 4 is 17.9 Å². The lowest BCUT2D eigenvalue weighted by molar-refractivity contribution is -0.281. The van der Waals surface area contributed by atoms with Crippen LogP contribution in [0.25, 0.3) is 0 Å². The molecule has 0 radical (unpaired) electrons. The maximum absolute atomic E-state index is 12.8. The van der Waals surface area contributed by atoms with E-state index in [1.807, 2.05) is 6.08 Å². The molecule has 2 heterocycles. The van der Waals surface area contributed by atoms with Gasteiger partial charge >= 0.3 is 17.9 Å². The normalized spacial score (nSPS) is 34.9. The average Bonchev–Trinajstić information content (AvgIpc) is 2.62. The molecule has 0 N–H and O–H groups in total. The molecule has 2 saturated heterocycles. The predicted octanol–water partition coefficient (Wildman–Crippen LogP) is 0.978. The van der Waals surface area contributed by atoms with E-state index < -0.39 is 53.7 Å². The summed E-state index contributed by atoms with van der Waals surface area (Å²) in [7, 11) is 0. The highest BCUT2D eigenvalue weighted by atomic mass is 16.7. The van der Waals surface area contributed by atoms with Gasteiger partial charge in [0.1, 0.15) is 6.10 Å². The van der Waals surface area contributed by atoms with Crippen LogP contribution in [-0.2, 0) is 38.1 Å². The fourth-order valence-corrected chi connectivity index (χ4v) is 3.99. The van der Waals surface area contributed by atoms with Crippen molar-refractivity contribution in [2.45, 2.75) is 45.7 Å². The molecule has 0 amide bonds. The molecule has 8 heteroatoms. The summed E-state index contributed by atoms with van der Waals surface area (Å²) in [5.74, 6) is -3.74. The second-order valence-corrected chi connectivity index (χ2v) is 6.58. The first-order valence-corrected chi connectivity index (χ1v) is 8.94. The second kappa shape index (κ2) is 7.36. The van der Waals surface area contributed by atoms with Gasteiger partial charge in [-0.1, -0.05) is 12.2 Å². The van der Waals surface area contributed by atoms with Crippen LogP contribution in [0.15, 0.2) is 12.2 Å². The molecular weight excluding hydrogens is 344 g/mol. The maximum atomic E-state index is 12.8. The molecule has 8 nitrogen and oxygen atoms in total. The Balaban J connectivity index is 2.03. The van der Waals surface area contributed by atoms with Crippen LogP contribution >= 0.6 is 0 Å². The van der Waals surface area contributed by atoms with Gasteiger partial charge in [0.15, 0.2) is 17.8 Å². The topological polar surface area (TPSA) is 97.4 Å². The van der Waals surface area contributed by atoms with E-state index >= 15 is 0 Å². The van der Waals surface area contributed by atoms with Gasteiger partial charge in [0.2, 0.25) is 0 Å². The summed E-state index contributed by atoms with van der Waals surface area (Å²) in [4.78, 5) is 38.5. The molecular formula is C18H24O8. The van der Waals surface area contributed by atoms with Gasteiger partial charge in [0, 0.05) is 5.92 Å². The standard InChI is InChI=1S/C18H24O8/c1-4-22-16(20)18(17(21)23-5-2)8-6-7-11-13(18)15(19)26-12-9-24-10(3)25-14(11)12/h6-7,10-14H,4-5,8-9H2,1-3H3/t10-,11+,12-,13+,14+/m1/s1. The van der Waals surface area contributed by atoms with E-state index in [-0.39, 0.29) is 26.2 Å². The number of rotatable bonds is 4. The fraction of sp³-hybridized carbons (Fsp3) is 0.722. The quantitative estimate of drug-likeness (QED) is 0.313. The van der Waals surface area contributed by atoms with Crippen LogP contribution < -0.4 is 0 Å². The number of allylic oxidation sites excluding steroid dienone is 1. The molecule has 3 rings (SSSR count). The minimum absolute atomic E-state index is 0.0182. The zero-order valence-corrected chi connectivity index (χ0v) is 15.1. The van der Waals surface area contributed by atoms with Gasteiger partial charge in [0.05, 0.1) is 25.7 Å². The lowest BCUT2D eigenvalue weighted by atomic mass is 9.61. The van der Waals surface area contributed by atoms with Gasteiger partial charge in [-0.2, -0.15) is 0 Å². The molecule has 5 atom stereocenters. The SMILES string of the molecule is CCOC(=O)C1(C(=O)OCC)CC=C[C@@H]2[C@@H]3O[C@H](C)OC[C@H]3OC(=O)[C@H]21. The molecule has 2 fully saturated rings. The monoisotopic (exact) mass is 368 g/mol. The van der Waals surface area contributed by atoms with E-state index in [1.54, 1.807) is 26.8 Å². The Morgan fingerprint density at radius 1 is 1.23 bits per heavy atom. The van der Waals surface area contributed by atoms with Crippen LogP contribution in [-0.4, -0.2) is 56.2 Å². The molecule has 1 aliphatic carbocycles. The highest BCUT2D eigenvalue weighted by molar-refractivity contribution is 6.05. The molecule has 0 spiro atoms. The van der Waals surface area contributed by atoms with Crippen LogP contribution in [0.3, 0.4) is 0 Å². The Labute approximate surface area is 151 Å². The zero-order chi connectivity index (χ0) is 18.9. The molecule has 26 heavy (non-hydrogen) atoms. The van der Waals surface area contributed by atoms with E-state index in [9.17, 15) is 14.4 Å². The summed E-state index contributed by atoms with van der Waals surface area (Å²) in [6.07, 6.45) is 2.00. The van der Waals surface area contributed by atoms with Gasteiger partial charge < -0.3 is 23.7 Å². The summed E-state index contributed by atoms with van der Waals surface area (Å²) >= 11 is 0. The smallest absolute Gasteiger partial charge is 0.324 e. The molecule has 144 valence electrons. The van der Waals surface area contributed by atoms with E-state index in [0.717, 1.165) is 0 Å². The Hall–Kier alpha value is -1.93. The minimum Gasteiger partial charge on any atom is -0.465 e. The van der Waals surface area contributed by atoms with Crippen molar-refractivity contribution < 1.29 is 38.1 Å². The Kier molecular flexibility index (Phi) is 5.34. The van der Waals surface area contributed by atoms with Crippen LogP contribution in [0.5, 0.6) is 0 Å². The summed E-state index contributed by atoms with van der Waals surface area (Å²) < 4.78 is 27.0. The zero-order valence-electron chi connectivity index (χ0n) is 15.1. The largest absolute Gasteiger partial charge is 0.465 e. The first-order valence-electron chi connectivity index (χ1n) is 8.94. The van der Waals surface area contributed by atoms with Crippen molar-refractivity contribution in [2.75, 3.05) is 19.8 Å². The molecule has 0 unspecified atom stereocenters. The van der Waals surface area contributed by atoms with Gasteiger partial charge in [0.25, 0.3) is 0 Å². The lowest BCUT2D eigenvalue weighted by Gasteiger charge is -2.49. The number of fused-ring (bicyclic) bond motifs is 3. The van der Waals surface area contributed by atoms with Gasteiger partial charge in [-0.25, -0.2) is 0 Å². The number of carbonyl (C=O) groups excluding carboxylic acids is 3. The highest BCUT2D eigenvalue weighted by Crippen LogP contribution is 2.49. The number of hydrogen-bond donors (Lipinski definition) is 0. The molecule has 0 saturated carbocycles. The van der Waals surface area contributed by atoms with Gasteiger partial charge in [-0.15, -0.1) is 0 Å². The third-order valence-electron chi connectivity index (χ3n) is 5.10. The van der Waals surface area contributed by atoms with Gasteiger partial charge in [-0.3, -0.25) is 14.4 Å². The summed E-state index contributed by atoms with van der Waals surface area (Å²) in [6.45, 7) is 5.42. The van der Waals surface area contributed by atoms with Crippen LogP contribution in [0, 0.1) is 17.3 Å². The first kappa shape index (κ1) is 18.8. The lowest BCUT2D eigenvalue weighted by Crippen LogP contribution is -2.63. The fourth-order valence-electron chi connectivity index (χ4n) is 3.99. The molecule has 0 aromatic heterocycles. The molecule has 3 aliphatic rings. The van der Waals surface area contributed by atoms with Crippen LogP contribution in [0.4, 0.5) is 0 Å². The predicted molar refractivity (Wildman–Crippen MR) is 86.6 cm³/mol. The van der Waals surface area contributed by atoms with Crippen molar-refractivity contribution in [3.63, 3.8) is 0 Å². The minimum atomic E-state index is -1.77. The third kappa shape index (κ3) is 2.91.